The van der Waals surface area contributed by atoms with Crippen molar-refractivity contribution >= 4 is 15.9 Å². The number of fused-ring (bicyclic) bond motifs is 1. The molecule has 1 N–H and O–H groups in total. The second-order valence-electron chi connectivity index (χ2n) is 6.05. The predicted octanol–water partition coefficient (Wildman–Crippen LogP) is 2.27. The van der Waals surface area contributed by atoms with Gasteiger partial charge in [-0.05, 0) is 38.5 Å². The average Bonchev–Trinajstić information content (AvgIpc) is 2.89. The van der Waals surface area contributed by atoms with E-state index in [1.54, 1.807) is 0 Å². The Bertz CT molecular complexity index is 801. The predicted molar refractivity (Wildman–Crippen MR) is 87.1 cm³/mol. The van der Waals surface area contributed by atoms with Gasteiger partial charge < -0.3 is 4.90 Å². The summed E-state index contributed by atoms with van der Waals surface area (Å²) in [7, 11) is -3.88. The number of halogens is 1. The van der Waals surface area contributed by atoms with Crippen LogP contribution < -0.4 is 4.72 Å². The van der Waals surface area contributed by atoms with Crippen molar-refractivity contribution < 1.29 is 12.8 Å². The number of aliphatic imine (C=N–C) groups is 1. The van der Waals surface area contributed by atoms with E-state index >= 15 is 0 Å². The zero-order valence-electron chi connectivity index (χ0n) is 13.4. The van der Waals surface area contributed by atoms with Crippen LogP contribution in [0.3, 0.4) is 0 Å². The summed E-state index contributed by atoms with van der Waals surface area (Å²) in [6, 6.07) is 5.24. The van der Waals surface area contributed by atoms with E-state index in [-0.39, 0.29) is 17.0 Å². The highest BCUT2D eigenvalue weighted by molar-refractivity contribution is 7.89. The van der Waals surface area contributed by atoms with E-state index in [4.69, 9.17) is 0 Å². The highest BCUT2D eigenvalue weighted by Crippen LogP contribution is 2.31. The third kappa shape index (κ3) is 2.90. The van der Waals surface area contributed by atoms with Gasteiger partial charge in [0.1, 0.15) is 16.5 Å². The first kappa shape index (κ1) is 16.1. The van der Waals surface area contributed by atoms with Gasteiger partial charge in [-0.3, -0.25) is 4.99 Å². The molecular weight excluding hydrogens is 317 g/mol. The Labute approximate surface area is 136 Å². The molecule has 3 rings (SSSR count). The van der Waals surface area contributed by atoms with Crippen LogP contribution in [0.5, 0.6) is 0 Å². The fourth-order valence-electron chi connectivity index (χ4n) is 3.15. The van der Waals surface area contributed by atoms with Gasteiger partial charge in [0.25, 0.3) is 0 Å². The number of nitrogens with one attached hydrogen (secondary N) is 1. The van der Waals surface area contributed by atoms with Gasteiger partial charge in [0.05, 0.1) is 6.04 Å². The Morgan fingerprint density at radius 3 is 2.70 bits per heavy atom. The number of hydrogen-bond acceptors (Lipinski definition) is 4. The highest BCUT2D eigenvalue weighted by atomic mass is 32.2. The van der Waals surface area contributed by atoms with Gasteiger partial charge in [-0.25, -0.2) is 17.5 Å². The molecule has 124 valence electrons. The topological polar surface area (TPSA) is 61.8 Å². The van der Waals surface area contributed by atoms with E-state index in [0.29, 0.717) is 13.0 Å². The summed E-state index contributed by atoms with van der Waals surface area (Å²) in [5.74, 6) is 0.156. The molecule has 1 aromatic carbocycles. The Morgan fingerprint density at radius 1 is 1.30 bits per heavy atom. The number of nitrogens with zero attached hydrogens (tertiary/aromatic N) is 2. The molecule has 0 aliphatic carbocycles. The SMILES string of the molecule is CC1=NC(C)C(C)=C2CC(NS(=O)(=O)c3ccccc3F)CN12. The molecule has 1 saturated heterocycles. The molecule has 0 saturated carbocycles. The molecule has 2 unspecified atom stereocenters. The molecule has 23 heavy (non-hydrogen) atoms. The Kier molecular flexibility index (Phi) is 4.01. The van der Waals surface area contributed by atoms with Crippen LogP contribution in [0, 0.1) is 5.82 Å². The second-order valence-corrected chi connectivity index (χ2v) is 7.73. The highest BCUT2D eigenvalue weighted by Gasteiger charge is 2.35. The molecule has 0 bridgehead atoms. The average molecular weight is 337 g/mol. The standard InChI is InChI=1S/C16H20FN3O2S/c1-10-11(2)18-12(3)20-9-13(8-15(10)20)19-23(21,22)16-7-5-4-6-14(16)17/h4-7,11,13,19H,8-9H2,1-3H3. The summed E-state index contributed by atoms with van der Waals surface area (Å²) in [5, 5.41) is 0. The molecule has 2 atom stereocenters. The molecular formula is C16H20FN3O2S. The lowest BCUT2D eigenvalue weighted by atomic mass is 10.0. The van der Waals surface area contributed by atoms with Crippen molar-refractivity contribution in [3.05, 3.63) is 41.4 Å². The van der Waals surface area contributed by atoms with Crippen LogP contribution >= 0.6 is 0 Å². The molecule has 1 fully saturated rings. The van der Waals surface area contributed by atoms with Crippen molar-refractivity contribution in [1.29, 1.82) is 0 Å². The second kappa shape index (κ2) is 5.72. The van der Waals surface area contributed by atoms with Crippen molar-refractivity contribution in [2.24, 2.45) is 4.99 Å². The number of sulfonamides is 1. The summed E-state index contributed by atoms with van der Waals surface area (Å²) in [4.78, 5) is 6.29. The fraction of sp³-hybridized carbons (Fsp3) is 0.438. The van der Waals surface area contributed by atoms with Crippen LogP contribution in [-0.2, 0) is 10.0 Å². The van der Waals surface area contributed by atoms with Gasteiger partial charge in [-0.2, -0.15) is 0 Å². The van der Waals surface area contributed by atoms with Crippen molar-refractivity contribution in [1.82, 2.24) is 9.62 Å². The van der Waals surface area contributed by atoms with E-state index in [1.165, 1.54) is 18.2 Å². The van der Waals surface area contributed by atoms with Crippen molar-refractivity contribution in [2.75, 3.05) is 6.54 Å². The first-order valence-corrected chi connectivity index (χ1v) is 9.06. The third-order valence-corrected chi connectivity index (χ3v) is 6.02. The minimum Gasteiger partial charge on any atom is -0.332 e. The lowest BCUT2D eigenvalue weighted by Gasteiger charge is -2.28. The molecule has 2 aliphatic heterocycles. The monoisotopic (exact) mass is 337 g/mol. The van der Waals surface area contributed by atoms with Crippen LogP contribution in [0.1, 0.15) is 27.2 Å². The fourth-order valence-corrected chi connectivity index (χ4v) is 4.46. The number of benzene rings is 1. The van der Waals surface area contributed by atoms with Crippen LogP contribution in [0.25, 0.3) is 0 Å². The van der Waals surface area contributed by atoms with E-state index in [2.05, 4.69) is 9.71 Å². The maximum Gasteiger partial charge on any atom is 0.243 e. The van der Waals surface area contributed by atoms with Crippen LogP contribution in [0.2, 0.25) is 0 Å². The maximum absolute atomic E-state index is 13.8. The molecule has 0 spiro atoms. The van der Waals surface area contributed by atoms with Crippen molar-refractivity contribution in [3.8, 4) is 0 Å². The summed E-state index contributed by atoms with van der Waals surface area (Å²) in [6.07, 6.45) is 0.594. The zero-order chi connectivity index (χ0) is 16.8. The Balaban J connectivity index is 1.84. The number of amidine groups is 1. The van der Waals surface area contributed by atoms with Gasteiger partial charge in [0, 0.05) is 24.7 Å². The van der Waals surface area contributed by atoms with Gasteiger partial charge in [0.2, 0.25) is 10.0 Å². The van der Waals surface area contributed by atoms with E-state index in [1.807, 2.05) is 25.7 Å². The molecule has 2 heterocycles. The van der Waals surface area contributed by atoms with Crippen LogP contribution in [-0.4, -0.2) is 37.8 Å². The third-order valence-electron chi connectivity index (χ3n) is 4.47. The van der Waals surface area contributed by atoms with Gasteiger partial charge in [0.15, 0.2) is 0 Å². The molecule has 5 nitrogen and oxygen atoms in total. The largest absolute Gasteiger partial charge is 0.332 e. The maximum atomic E-state index is 13.8. The molecule has 0 amide bonds. The Morgan fingerprint density at radius 2 is 2.00 bits per heavy atom. The van der Waals surface area contributed by atoms with E-state index in [9.17, 15) is 12.8 Å². The molecule has 7 heteroatoms. The first-order valence-electron chi connectivity index (χ1n) is 7.58. The molecule has 2 aliphatic rings. The first-order chi connectivity index (χ1) is 10.8. The minimum atomic E-state index is -3.88. The zero-order valence-corrected chi connectivity index (χ0v) is 14.2. The number of rotatable bonds is 3. The van der Waals surface area contributed by atoms with Crippen molar-refractivity contribution in [3.63, 3.8) is 0 Å². The number of hydrogen-bond donors (Lipinski definition) is 1. The van der Waals surface area contributed by atoms with Gasteiger partial charge >= 0.3 is 0 Å². The van der Waals surface area contributed by atoms with Crippen LogP contribution in [0.4, 0.5) is 4.39 Å². The summed E-state index contributed by atoms with van der Waals surface area (Å²) >= 11 is 0. The minimum absolute atomic E-state index is 0.114. The van der Waals surface area contributed by atoms with E-state index in [0.717, 1.165) is 23.2 Å². The summed E-state index contributed by atoms with van der Waals surface area (Å²) < 4.78 is 41.3. The molecule has 0 radical (unpaired) electrons. The quantitative estimate of drug-likeness (QED) is 0.920. The normalized spacial score (nSPS) is 24.7. The lowest BCUT2D eigenvalue weighted by molar-refractivity contribution is 0.506. The summed E-state index contributed by atoms with van der Waals surface area (Å²) in [5.41, 5.74) is 2.27. The van der Waals surface area contributed by atoms with Gasteiger partial charge in [-0.15, -0.1) is 0 Å². The Hall–Kier alpha value is -1.73. The van der Waals surface area contributed by atoms with E-state index < -0.39 is 15.8 Å². The summed E-state index contributed by atoms with van der Waals surface area (Å²) in [6.45, 7) is 6.50. The lowest BCUT2D eigenvalue weighted by Crippen LogP contribution is -2.38. The molecule has 0 aromatic heterocycles. The van der Waals surface area contributed by atoms with Crippen LogP contribution in [0.15, 0.2) is 45.4 Å². The van der Waals surface area contributed by atoms with Gasteiger partial charge in [-0.1, -0.05) is 12.1 Å². The smallest absolute Gasteiger partial charge is 0.243 e. The van der Waals surface area contributed by atoms with Crippen molar-refractivity contribution in [2.45, 2.75) is 44.2 Å². The molecule has 1 aromatic rings.